The van der Waals surface area contributed by atoms with Crippen LogP contribution in [-0.2, 0) is 6.54 Å². The van der Waals surface area contributed by atoms with Gasteiger partial charge in [-0.15, -0.1) is 0 Å². The molecule has 3 aromatic rings. The molecule has 2 aromatic heterocycles. The molecule has 4 nitrogen and oxygen atoms in total. The van der Waals surface area contributed by atoms with E-state index < -0.39 is 0 Å². The van der Waals surface area contributed by atoms with E-state index in [1.807, 2.05) is 48.8 Å². The Morgan fingerprint density at radius 1 is 0.947 bits per heavy atom. The summed E-state index contributed by atoms with van der Waals surface area (Å²) in [5.74, 6) is 0.783. The second-order valence-corrected chi connectivity index (χ2v) is 4.23. The van der Waals surface area contributed by atoms with Gasteiger partial charge in [0.25, 0.3) is 0 Å². The highest BCUT2D eigenvalue weighted by molar-refractivity contribution is 5.61. The molecule has 94 valence electrons. The average molecular weight is 250 g/mol. The Balaban J connectivity index is 1.97. The van der Waals surface area contributed by atoms with Gasteiger partial charge >= 0.3 is 0 Å². The molecule has 0 atom stereocenters. The summed E-state index contributed by atoms with van der Waals surface area (Å²) in [6.45, 7) is 0.431. The predicted octanol–water partition coefficient (Wildman–Crippen LogP) is 2.39. The predicted molar refractivity (Wildman–Crippen MR) is 74.7 cm³/mol. The van der Waals surface area contributed by atoms with Crippen molar-refractivity contribution in [1.29, 1.82) is 0 Å². The molecule has 4 heteroatoms. The van der Waals surface area contributed by atoms with Gasteiger partial charge in [-0.25, -0.2) is 9.67 Å². The molecule has 0 aliphatic carbocycles. The standard InChI is InChI=1S/C15H14N4/c16-9-14-7-4-8-15(18-14)19-11-13(10-17-19)12-5-2-1-3-6-12/h1-8,10-11H,9,16H2. The summed E-state index contributed by atoms with van der Waals surface area (Å²) < 4.78 is 1.77. The smallest absolute Gasteiger partial charge is 0.153 e. The first-order chi connectivity index (χ1) is 9.36. The largest absolute Gasteiger partial charge is 0.325 e. The first-order valence-electron chi connectivity index (χ1n) is 6.13. The second kappa shape index (κ2) is 5.04. The van der Waals surface area contributed by atoms with Crippen molar-refractivity contribution in [3.8, 4) is 16.9 Å². The van der Waals surface area contributed by atoms with E-state index in [1.165, 1.54) is 0 Å². The molecule has 3 rings (SSSR count). The van der Waals surface area contributed by atoms with E-state index in [4.69, 9.17) is 5.73 Å². The maximum absolute atomic E-state index is 5.60. The van der Waals surface area contributed by atoms with Crippen molar-refractivity contribution < 1.29 is 0 Å². The van der Waals surface area contributed by atoms with Gasteiger partial charge in [0.1, 0.15) is 0 Å². The van der Waals surface area contributed by atoms with Crippen molar-refractivity contribution in [3.05, 3.63) is 66.6 Å². The Hall–Kier alpha value is -2.46. The number of benzene rings is 1. The SMILES string of the molecule is NCc1cccc(-n2cc(-c3ccccc3)cn2)n1. The lowest BCUT2D eigenvalue weighted by atomic mass is 10.1. The van der Waals surface area contributed by atoms with Gasteiger partial charge in [-0.3, -0.25) is 0 Å². The van der Waals surface area contributed by atoms with Crippen LogP contribution >= 0.6 is 0 Å². The topological polar surface area (TPSA) is 56.7 Å². The summed E-state index contributed by atoms with van der Waals surface area (Å²) in [5, 5.41) is 4.35. The van der Waals surface area contributed by atoms with E-state index in [-0.39, 0.29) is 0 Å². The van der Waals surface area contributed by atoms with Crippen LogP contribution in [0.4, 0.5) is 0 Å². The molecular formula is C15H14N4. The van der Waals surface area contributed by atoms with E-state index in [0.717, 1.165) is 22.6 Å². The van der Waals surface area contributed by atoms with E-state index in [0.29, 0.717) is 6.54 Å². The van der Waals surface area contributed by atoms with Crippen molar-refractivity contribution in [2.24, 2.45) is 5.73 Å². The number of rotatable bonds is 3. The van der Waals surface area contributed by atoms with Crippen LogP contribution in [0, 0.1) is 0 Å². The number of pyridine rings is 1. The Morgan fingerprint density at radius 3 is 2.58 bits per heavy atom. The lowest BCUT2D eigenvalue weighted by Gasteiger charge is -2.02. The molecule has 0 saturated carbocycles. The average Bonchev–Trinajstić information content (AvgIpc) is 2.98. The summed E-state index contributed by atoms with van der Waals surface area (Å²) in [7, 11) is 0. The summed E-state index contributed by atoms with van der Waals surface area (Å²) in [4.78, 5) is 4.44. The number of hydrogen-bond donors (Lipinski definition) is 1. The minimum Gasteiger partial charge on any atom is -0.325 e. The maximum atomic E-state index is 5.60. The van der Waals surface area contributed by atoms with Gasteiger partial charge in [0.05, 0.1) is 11.9 Å². The van der Waals surface area contributed by atoms with Gasteiger partial charge in [0.15, 0.2) is 5.82 Å². The molecule has 0 spiro atoms. The lowest BCUT2D eigenvalue weighted by molar-refractivity contribution is 0.829. The third-order valence-corrected chi connectivity index (χ3v) is 2.93. The van der Waals surface area contributed by atoms with Gasteiger partial charge in [-0.05, 0) is 17.7 Å². The summed E-state index contributed by atoms with van der Waals surface area (Å²) in [5.41, 5.74) is 8.67. The Bertz CT molecular complexity index is 673. The fourth-order valence-electron chi connectivity index (χ4n) is 1.94. The molecule has 2 N–H and O–H groups in total. The van der Waals surface area contributed by atoms with Gasteiger partial charge in [0, 0.05) is 18.3 Å². The number of nitrogens with two attached hydrogens (primary N) is 1. The molecule has 0 saturated heterocycles. The van der Waals surface area contributed by atoms with Crippen LogP contribution in [-0.4, -0.2) is 14.8 Å². The number of hydrogen-bond acceptors (Lipinski definition) is 3. The fraction of sp³-hybridized carbons (Fsp3) is 0.0667. The van der Waals surface area contributed by atoms with Crippen LogP contribution in [0.1, 0.15) is 5.69 Å². The molecule has 0 aliphatic rings. The highest BCUT2D eigenvalue weighted by atomic mass is 15.3. The molecular weight excluding hydrogens is 236 g/mol. The third kappa shape index (κ3) is 2.39. The lowest BCUT2D eigenvalue weighted by Crippen LogP contribution is -2.04. The van der Waals surface area contributed by atoms with Gasteiger partial charge in [0.2, 0.25) is 0 Å². The molecule has 0 radical (unpaired) electrons. The molecule has 2 heterocycles. The van der Waals surface area contributed by atoms with E-state index in [2.05, 4.69) is 22.2 Å². The van der Waals surface area contributed by atoms with Crippen molar-refractivity contribution in [1.82, 2.24) is 14.8 Å². The summed E-state index contributed by atoms with van der Waals surface area (Å²) in [6, 6.07) is 15.9. The van der Waals surface area contributed by atoms with Gasteiger partial charge < -0.3 is 5.73 Å². The normalized spacial score (nSPS) is 10.6. The molecule has 0 bridgehead atoms. The minimum atomic E-state index is 0.431. The zero-order chi connectivity index (χ0) is 13.1. The second-order valence-electron chi connectivity index (χ2n) is 4.23. The van der Waals surface area contributed by atoms with Crippen molar-refractivity contribution in [2.45, 2.75) is 6.54 Å². The van der Waals surface area contributed by atoms with Gasteiger partial charge in [-0.1, -0.05) is 36.4 Å². The number of nitrogens with zero attached hydrogens (tertiary/aromatic N) is 3. The van der Waals surface area contributed by atoms with Crippen molar-refractivity contribution in [2.75, 3.05) is 0 Å². The Labute approximate surface area is 111 Å². The van der Waals surface area contributed by atoms with Gasteiger partial charge in [-0.2, -0.15) is 5.10 Å². The van der Waals surface area contributed by atoms with Crippen LogP contribution in [0.5, 0.6) is 0 Å². The van der Waals surface area contributed by atoms with Crippen LogP contribution in [0.2, 0.25) is 0 Å². The Kier molecular flexibility index (Phi) is 3.08. The minimum absolute atomic E-state index is 0.431. The molecule has 0 fully saturated rings. The highest BCUT2D eigenvalue weighted by Gasteiger charge is 2.04. The first-order valence-corrected chi connectivity index (χ1v) is 6.13. The van der Waals surface area contributed by atoms with E-state index >= 15 is 0 Å². The molecule has 19 heavy (non-hydrogen) atoms. The third-order valence-electron chi connectivity index (χ3n) is 2.93. The molecule has 0 unspecified atom stereocenters. The highest BCUT2D eigenvalue weighted by Crippen LogP contribution is 2.19. The van der Waals surface area contributed by atoms with Crippen molar-refractivity contribution in [3.63, 3.8) is 0 Å². The van der Waals surface area contributed by atoms with E-state index in [9.17, 15) is 0 Å². The quantitative estimate of drug-likeness (QED) is 0.776. The molecule has 0 aliphatic heterocycles. The molecule has 1 aromatic carbocycles. The summed E-state index contributed by atoms with van der Waals surface area (Å²) in [6.07, 6.45) is 3.81. The van der Waals surface area contributed by atoms with Crippen LogP contribution < -0.4 is 5.73 Å². The summed E-state index contributed by atoms with van der Waals surface area (Å²) >= 11 is 0. The maximum Gasteiger partial charge on any atom is 0.153 e. The van der Waals surface area contributed by atoms with E-state index in [1.54, 1.807) is 4.68 Å². The first kappa shape index (κ1) is 11.6. The van der Waals surface area contributed by atoms with Crippen LogP contribution in [0.15, 0.2) is 60.9 Å². The zero-order valence-electron chi connectivity index (χ0n) is 10.4. The fourth-order valence-corrected chi connectivity index (χ4v) is 1.94. The number of aromatic nitrogens is 3. The zero-order valence-corrected chi connectivity index (χ0v) is 10.4. The van der Waals surface area contributed by atoms with Crippen LogP contribution in [0.25, 0.3) is 16.9 Å². The van der Waals surface area contributed by atoms with Crippen molar-refractivity contribution >= 4 is 0 Å². The monoisotopic (exact) mass is 250 g/mol. The Morgan fingerprint density at radius 2 is 1.79 bits per heavy atom. The van der Waals surface area contributed by atoms with Crippen LogP contribution in [0.3, 0.4) is 0 Å². The molecule has 0 amide bonds.